The van der Waals surface area contributed by atoms with Gasteiger partial charge in [-0.05, 0) is 36.1 Å². The van der Waals surface area contributed by atoms with E-state index in [9.17, 15) is 4.79 Å². The standard InChI is InChI=1S/C16H24O4/c1-12(2)15-6-5-14(11-13(15)3)16(17)20-10-9-19-8-7-18-4/h5-6,11-12H,7-10H2,1-4H3. The molecule has 4 heteroatoms. The van der Waals surface area contributed by atoms with Gasteiger partial charge in [-0.15, -0.1) is 0 Å². The van der Waals surface area contributed by atoms with E-state index in [-0.39, 0.29) is 12.6 Å². The molecule has 1 aromatic carbocycles. The van der Waals surface area contributed by atoms with E-state index in [0.29, 0.717) is 31.3 Å². The molecule has 0 bridgehead atoms. The first-order chi connectivity index (χ1) is 9.56. The van der Waals surface area contributed by atoms with Crippen molar-refractivity contribution in [3.8, 4) is 0 Å². The lowest BCUT2D eigenvalue weighted by atomic mass is 9.96. The molecule has 0 amide bonds. The second-order valence-electron chi connectivity index (χ2n) is 4.97. The summed E-state index contributed by atoms with van der Waals surface area (Å²) in [7, 11) is 1.62. The molecule has 0 aliphatic heterocycles. The summed E-state index contributed by atoms with van der Waals surface area (Å²) in [5.41, 5.74) is 2.96. The zero-order valence-corrected chi connectivity index (χ0v) is 12.8. The highest BCUT2D eigenvalue weighted by Gasteiger charge is 2.10. The van der Waals surface area contributed by atoms with Crippen molar-refractivity contribution in [3.05, 3.63) is 34.9 Å². The van der Waals surface area contributed by atoms with Crippen LogP contribution in [-0.4, -0.2) is 39.5 Å². The number of aryl methyl sites for hydroxylation is 1. The Morgan fingerprint density at radius 1 is 1.15 bits per heavy atom. The highest BCUT2D eigenvalue weighted by molar-refractivity contribution is 5.89. The van der Waals surface area contributed by atoms with Crippen LogP contribution in [0.25, 0.3) is 0 Å². The fraction of sp³-hybridized carbons (Fsp3) is 0.562. The topological polar surface area (TPSA) is 44.8 Å². The SMILES string of the molecule is COCCOCCOC(=O)c1ccc(C(C)C)c(C)c1. The molecule has 20 heavy (non-hydrogen) atoms. The lowest BCUT2D eigenvalue weighted by Crippen LogP contribution is -2.13. The number of hydrogen-bond donors (Lipinski definition) is 0. The van der Waals surface area contributed by atoms with Gasteiger partial charge in [0.15, 0.2) is 0 Å². The lowest BCUT2D eigenvalue weighted by Gasteiger charge is -2.11. The second kappa shape index (κ2) is 8.72. The first kappa shape index (κ1) is 16.7. The summed E-state index contributed by atoms with van der Waals surface area (Å²) < 4.78 is 15.2. The number of esters is 1. The van der Waals surface area contributed by atoms with Gasteiger partial charge in [-0.2, -0.15) is 0 Å². The number of methoxy groups -OCH3 is 1. The van der Waals surface area contributed by atoms with E-state index < -0.39 is 0 Å². The van der Waals surface area contributed by atoms with E-state index in [0.717, 1.165) is 5.56 Å². The molecule has 4 nitrogen and oxygen atoms in total. The number of carbonyl (C=O) groups excluding carboxylic acids is 1. The molecule has 0 aliphatic rings. The fourth-order valence-electron chi connectivity index (χ4n) is 1.97. The second-order valence-corrected chi connectivity index (χ2v) is 4.97. The molecule has 0 saturated carbocycles. The van der Waals surface area contributed by atoms with Gasteiger partial charge < -0.3 is 14.2 Å². The molecule has 0 spiro atoms. The Morgan fingerprint density at radius 2 is 1.85 bits per heavy atom. The zero-order valence-electron chi connectivity index (χ0n) is 12.8. The minimum Gasteiger partial charge on any atom is -0.460 e. The first-order valence-corrected chi connectivity index (χ1v) is 6.90. The van der Waals surface area contributed by atoms with Crippen LogP contribution >= 0.6 is 0 Å². The third-order valence-corrected chi connectivity index (χ3v) is 3.02. The highest BCUT2D eigenvalue weighted by atomic mass is 16.6. The van der Waals surface area contributed by atoms with Crippen molar-refractivity contribution < 1.29 is 19.0 Å². The summed E-state index contributed by atoms with van der Waals surface area (Å²) in [6.07, 6.45) is 0. The lowest BCUT2D eigenvalue weighted by molar-refractivity contribution is 0.0213. The smallest absolute Gasteiger partial charge is 0.338 e. The molecule has 0 aromatic heterocycles. The van der Waals surface area contributed by atoms with Crippen molar-refractivity contribution in [2.75, 3.05) is 33.5 Å². The van der Waals surface area contributed by atoms with Crippen LogP contribution < -0.4 is 0 Å². The number of rotatable bonds is 8. The molecular weight excluding hydrogens is 256 g/mol. The summed E-state index contributed by atoms with van der Waals surface area (Å²) >= 11 is 0. The molecule has 0 N–H and O–H groups in total. The maximum atomic E-state index is 11.9. The van der Waals surface area contributed by atoms with Crippen LogP contribution in [0.1, 0.15) is 41.3 Å². The molecule has 0 atom stereocenters. The fourth-order valence-corrected chi connectivity index (χ4v) is 1.97. The average molecular weight is 280 g/mol. The number of carbonyl (C=O) groups is 1. The predicted molar refractivity (Wildman–Crippen MR) is 78.2 cm³/mol. The van der Waals surface area contributed by atoms with E-state index in [1.54, 1.807) is 7.11 Å². The molecule has 0 unspecified atom stereocenters. The van der Waals surface area contributed by atoms with Crippen LogP contribution in [0.3, 0.4) is 0 Å². The van der Waals surface area contributed by atoms with Gasteiger partial charge in [-0.25, -0.2) is 4.79 Å². The van der Waals surface area contributed by atoms with Crippen molar-refractivity contribution >= 4 is 5.97 Å². The van der Waals surface area contributed by atoms with Crippen molar-refractivity contribution in [1.29, 1.82) is 0 Å². The molecule has 0 fully saturated rings. The van der Waals surface area contributed by atoms with Crippen molar-refractivity contribution in [3.63, 3.8) is 0 Å². The minimum atomic E-state index is -0.307. The Hall–Kier alpha value is -1.39. The first-order valence-electron chi connectivity index (χ1n) is 6.90. The molecule has 0 radical (unpaired) electrons. The molecule has 1 aromatic rings. The van der Waals surface area contributed by atoms with Crippen LogP contribution in [0.2, 0.25) is 0 Å². The van der Waals surface area contributed by atoms with Gasteiger partial charge in [0.25, 0.3) is 0 Å². The summed E-state index contributed by atoms with van der Waals surface area (Å²) in [5.74, 6) is 0.146. The van der Waals surface area contributed by atoms with Crippen molar-refractivity contribution in [2.24, 2.45) is 0 Å². The van der Waals surface area contributed by atoms with Crippen LogP contribution in [0, 0.1) is 6.92 Å². The molecular formula is C16H24O4. The van der Waals surface area contributed by atoms with E-state index in [1.165, 1.54) is 5.56 Å². The summed E-state index contributed by atoms with van der Waals surface area (Å²) in [5, 5.41) is 0. The largest absolute Gasteiger partial charge is 0.460 e. The van der Waals surface area contributed by atoms with E-state index in [4.69, 9.17) is 14.2 Å². The third kappa shape index (κ3) is 5.31. The Kier molecular flexibility index (Phi) is 7.26. The summed E-state index contributed by atoms with van der Waals surface area (Å²) in [4.78, 5) is 11.9. The molecule has 112 valence electrons. The van der Waals surface area contributed by atoms with E-state index in [1.807, 2.05) is 25.1 Å². The molecule has 0 heterocycles. The van der Waals surface area contributed by atoms with E-state index in [2.05, 4.69) is 13.8 Å². The molecule has 1 rings (SSSR count). The molecule has 0 aliphatic carbocycles. The average Bonchev–Trinajstić information content (AvgIpc) is 2.41. The Labute approximate surface area is 121 Å². The normalized spacial score (nSPS) is 10.8. The monoisotopic (exact) mass is 280 g/mol. The minimum absolute atomic E-state index is 0.257. The maximum absolute atomic E-state index is 11.9. The van der Waals surface area contributed by atoms with Gasteiger partial charge >= 0.3 is 5.97 Å². The van der Waals surface area contributed by atoms with Crippen LogP contribution in [-0.2, 0) is 14.2 Å². The van der Waals surface area contributed by atoms with E-state index >= 15 is 0 Å². The third-order valence-electron chi connectivity index (χ3n) is 3.02. The van der Waals surface area contributed by atoms with Gasteiger partial charge in [-0.3, -0.25) is 0 Å². The number of hydrogen-bond acceptors (Lipinski definition) is 4. The van der Waals surface area contributed by atoms with Gasteiger partial charge in [-0.1, -0.05) is 19.9 Å². The number of benzene rings is 1. The van der Waals surface area contributed by atoms with Gasteiger partial charge in [0.1, 0.15) is 6.61 Å². The van der Waals surface area contributed by atoms with Gasteiger partial charge in [0.05, 0.1) is 25.4 Å². The van der Waals surface area contributed by atoms with Gasteiger partial charge in [0, 0.05) is 7.11 Å². The van der Waals surface area contributed by atoms with Crippen LogP contribution in [0.5, 0.6) is 0 Å². The summed E-state index contributed by atoms with van der Waals surface area (Å²) in [6.45, 7) is 7.99. The maximum Gasteiger partial charge on any atom is 0.338 e. The van der Waals surface area contributed by atoms with Crippen molar-refractivity contribution in [2.45, 2.75) is 26.7 Å². The Bertz CT molecular complexity index is 426. The van der Waals surface area contributed by atoms with Gasteiger partial charge in [0.2, 0.25) is 0 Å². The quantitative estimate of drug-likeness (QED) is 0.542. The highest BCUT2D eigenvalue weighted by Crippen LogP contribution is 2.20. The molecule has 0 saturated heterocycles. The predicted octanol–water partition coefficient (Wildman–Crippen LogP) is 2.94. The summed E-state index contributed by atoms with van der Waals surface area (Å²) in [6, 6.07) is 5.69. The van der Waals surface area contributed by atoms with Crippen LogP contribution in [0.15, 0.2) is 18.2 Å². The Balaban J connectivity index is 2.42. The van der Waals surface area contributed by atoms with Crippen LogP contribution in [0.4, 0.5) is 0 Å². The Morgan fingerprint density at radius 3 is 2.45 bits per heavy atom. The van der Waals surface area contributed by atoms with Crippen molar-refractivity contribution in [1.82, 2.24) is 0 Å². The zero-order chi connectivity index (χ0) is 15.0. The number of ether oxygens (including phenoxy) is 3.